The summed E-state index contributed by atoms with van der Waals surface area (Å²) in [6.45, 7) is 0.277. The molecular weight excluding hydrogens is 213 g/mol. The lowest BCUT2D eigenvalue weighted by Crippen LogP contribution is -2.41. The van der Waals surface area contributed by atoms with E-state index < -0.39 is 12.8 Å². The SMILES string of the molecule is CNC(C)C(=O)NCCOCC(F)(F)F. The van der Waals surface area contributed by atoms with Gasteiger partial charge in [0.2, 0.25) is 5.91 Å². The normalized spacial score (nSPS) is 13.7. The van der Waals surface area contributed by atoms with Crippen molar-refractivity contribution >= 4 is 5.91 Å². The van der Waals surface area contributed by atoms with Crippen molar-refractivity contribution in [2.24, 2.45) is 0 Å². The molecule has 0 heterocycles. The van der Waals surface area contributed by atoms with Gasteiger partial charge in [0.05, 0.1) is 12.6 Å². The summed E-state index contributed by atoms with van der Waals surface area (Å²) in [6, 6.07) is -0.368. The van der Waals surface area contributed by atoms with Crippen LogP contribution in [0.1, 0.15) is 6.92 Å². The molecule has 0 aromatic rings. The van der Waals surface area contributed by atoms with Crippen molar-refractivity contribution in [1.29, 1.82) is 0 Å². The zero-order valence-corrected chi connectivity index (χ0v) is 8.65. The fraction of sp³-hybridized carbons (Fsp3) is 0.875. The van der Waals surface area contributed by atoms with E-state index in [9.17, 15) is 18.0 Å². The molecule has 0 aromatic heterocycles. The average Bonchev–Trinajstić information content (AvgIpc) is 2.14. The highest BCUT2D eigenvalue weighted by Crippen LogP contribution is 2.13. The first-order chi connectivity index (χ1) is 6.87. The third-order valence-corrected chi connectivity index (χ3v) is 1.64. The summed E-state index contributed by atoms with van der Waals surface area (Å²) in [5, 5.41) is 5.12. The van der Waals surface area contributed by atoms with Crippen LogP contribution in [0.4, 0.5) is 13.2 Å². The summed E-state index contributed by atoms with van der Waals surface area (Å²) in [5.41, 5.74) is 0. The maximum absolute atomic E-state index is 11.6. The first kappa shape index (κ1) is 14.2. The predicted molar refractivity (Wildman–Crippen MR) is 48.4 cm³/mol. The van der Waals surface area contributed by atoms with Gasteiger partial charge in [0.15, 0.2) is 0 Å². The Balaban J connectivity index is 3.43. The molecular formula is C8H15F3N2O2. The van der Waals surface area contributed by atoms with Crippen LogP contribution < -0.4 is 10.6 Å². The zero-order valence-electron chi connectivity index (χ0n) is 8.65. The number of hydrogen-bond donors (Lipinski definition) is 2. The minimum Gasteiger partial charge on any atom is -0.370 e. The number of likely N-dealkylation sites (N-methyl/N-ethyl adjacent to an activating group) is 1. The number of ether oxygens (including phenoxy) is 1. The fourth-order valence-corrected chi connectivity index (χ4v) is 0.718. The molecule has 1 amide bonds. The Kier molecular flexibility index (Phi) is 6.26. The average molecular weight is 228 g/mol. The highest BCUT2D eigenvalue weighted by atomic mass is 19.4. The second-order valence-corrected chi connectivity index (χ2v) is 2.97. The molecule has 90 valence electrons. The molecule has 15 heavy (non-hydrogen) atoms. The molecule has 0 bridgehead atoms. The van der Waals surface area contributed by atoms with E-state index in [1.54, 1.807) is 14.0 Å². The number of hydrogen-bond acceptors (Lipinski definition) is 3. The molecule has 0 saturated carbocycles. The van der Waals surface area contributed by atoms with E-state index >= 15 is 0 Å². The number of alkyl halides is 3. The Hall–Kier alpha value is -0.820. The summed E-state index contributed by atoms with van der Waals surface area (Å²) in [4.78, 5) is 11.1. The monoisotopic (exact) mass is 228 g/mol. The Morgan fingerprint density at radius 3 is 2.53 bits per heavy atom. The number of rotatable bonds is 6. The van der Waals surface area contributed by atoms with Crippen molar-refractivity contribution in [2.45, 2.75) is 19.1 Å². The van der Waals surface area contributed by atoms with Crippen LogP contribution in [0, 0.1) is 0 Å². The lowest BCUT2D eigenvalue weighted by atomic mass is 10.3. The quantitative estimate of drug-likeness (QED) is 0.642. The van der Waals surface area contributed by atoms with E-state index in [0.717, 1.165) is 0 Å². The van der Waals surface area contributed by atoms with Crippen LogP contribution in [0.15, 0.2) is 0 Å². The van der Waals surface area contributed by atoms with Crippen LogP contribution in [0.25, 0.3) is 0 Å². The second kappa shape index (κ2) is 6.62. The number of amides is 1. The van der Waals surface area contributed by atoms with Gasteiger partial charge in [0, 0.05) is 6.54 Å². The molecule has 0 fully saturated rings. The number of carbonyl (C=O) groups excluding carboxylic acids is 1. The van der Waals surface area contributed by atoms with Gasteiger partial charge < -0.3 is 15.4 Å². The number of carbonyl (C=O) groups is 1. The predicted octanol–water partition coefficient (Wildman–Crippen LogP) is 0.289. The molecule has 0 rings (SSSR count). The van der Waals surface area contributed by atoms with Crippen LogP contribution in [0.3, 0.4) is 0 Å². The van der Waals surface area contributed by atoms with Gasteiger partial charge in [0.25, 0.3) is 0 Å². The molecule has 0 aliphatic heterocycles. The third kappa shape index (κ3) is 8.19. The lowest BCUT2D eigenvalue weighted by Gasteiger charge is -2.11. The molecule has 0 aliphatic rings. The molecule has 0 aliphatic carbocycles. The van der Waals surface area contributed by atoms with Crippen molar-refractivity contribution < 1.29 is 22.7 Å². The molecule has 1 unspecified atom stereocenters. The molecule has 1 atom stereocenters. The van der Waals surface area contributed by atoms with Crippen molar-refractivity contribution in [1.82, 2.24) is 10.6 Å². The number of nitrogens with one attached hydrogen (secondary N) is 2. The summed E-state index contributed by atoms with van der Waals surface area (Å²) >= 11 is 0. The van der Waals surface area contributed by atoms with Gasteiger partial charge in [-0.15, -0.1) is 0 Å². The highest BCUT2D eigenvalue weighted by Gasteiger charge is 2.27. The first-order valence-electron chi connectivity index (χ1n) is 4.46. The topological polar surface area (TPSA) is 50.4 Å². The molecule has 0 radical (unpaired) electrons. The van der Waals surface area contributed by atoms with E-state index in [4.69, 9.17) is 0 Å². The van der Waals surface area contributed by atoms with E-state index in [0.29, 0.717) is 0 Å². The van der Waals surface area contributed by atoms with E-state index in [2.05, 4.69) is 15.4 Å². The van der Waals surface area contributed by atoms with Gasteiger partial charge in [-0.3, -0.25) is 4.79 Å². The minimum absolute atomic E-state index is 0.0704. The molecule has 0 aromatic carbocycles. The van der Waals surface area contributed by atoms with E-state index in [1.807, 2.05) is 0 Å². The second-order valence-electron chi connectivity index (χ2n) is 2.97. The van der Waals surface area contributed by atoms with Gasteiger partial charge in [0.1, 0.15) is 6.61 Å². The van der Waals surface area contributed by atoms with E-state index in [-0.39, 0.29) is 25.1 Å². The largest absolute Gasteiger partial charge is 0.411 e. The van der Waals surface area contributed by atoms with Crippen LogP contribution in [-0.4, -0.2) is 44.9 Å². The smallest absolute Gasteiger partial charge is 0.370 e. The maximum atomic E-state index is 11.6. The molecule has 0 saturated heterocycles. The van der Waals surface area contributed by atoms with Crippen molar-refractivity contribution in [3.63, 3.8) is 0 Å². The summed E-state index contributed by atoms with van der Waals surface area (Å²) in [5.74, 6) is -0.270. The van der Waals surface area contributed by atoms with Gasteiger partial charge in [-0.2, -0.15) is 13.2 Å². The lowest BCUT2D eigenvalue weighted by molar-refractivity contribution is -0.173. The van der Waals surface area contributed by atoms with Crippen molar-refractivity contribution in [2.75, 3.05) is 26.8 Å². The van der Waals surface area contributed by atoms with Gasteiger partial charge in [-0.1, -0.05) is 0 Å². The Morgan fingerprint density at radius 2 is 2.07 bits per heavy atom. The zero-order chi connectivity index (χ0) is 11.9. The fourth-order valence-electron chi connectivity index (χ4n) is 0.718. The van der Waals surface area contributed by atoms with Gasteiger partial charge >= 0.3 is 6.18 Å². The van der Waals surface area contributed by atoms with Crippen LogP contribution in [0.5, 0.6) is 0 Å². The van der Waals surface area contributed by atoms with Crippen molar-refractivity contribution in [3.8, 4) is 0 Å². The van der Waals surface area contributed by atoms with Gasteiger partial charge in [-0.25, -0.2) is 0 Å². The number of halogens is 3. The summed E-state index contributed by atoms with van der Waals surface area (Å²) in [6.07, 6.45) is -4.32. The third-order valence-electron chi connectivity index (χ3n) is 1.64. The highest BCUT2D eigenvalue weighted by molar-refractivity contribution is 5.81. The Bertz CT molecular complexity index is 197. The molecule has 2 N–H and O–H groups in total. The van der Waals surface area contributed by atoms with Crippen LogP contribution >= 0.6 is 0 Å². The molecule has 7 heteroatoms. The standard InChI is InChI=1S/C8H15F3N2O2/c1-6(12-2)7(14)13-3-4-15-5-8(9,10)11/h6,12H,3-5H2,1-2H3,(H,13,14). The molecule has 4 nitrogen and oxygen atoms in total. The van der Waals surface area contributed by atoms with Crippen LogP contribution in [0.2, 0.25) is 0 Å². The van der Waals surface area contributed by atoms with Crippen molar-refractivity contribution in [3.05, 3.63) is 0 Å². The Labute approximate surface area is 86.2 Å². The molecule has 0 spiro atoms. The Morgan fingerprint density at radius 1 is 1.47 bits per heavy atom. The summed E-state index contributed by atoms with van der Waals surface area (Å²) < 4.78 is 39.1. The summed E-state index contributed by atoms with van der Waals surface area (Å²) in [7, 11) is 1.62. The van der Waals surface area contributed by atoms with E-state index in [1.165, 1.54) is 0 Å². The first-order valence-corrected chi connectivity index (χ1v) is 4.46. The maximum Gasteiger partial charge on any atom is 0.411 e. The van der Waals surface area contributed by atoms with Gasteiger partial charge in [-0.05, 0) is 14.0 Å². The minimum atomic E-state index is -4.32. The van der Waals surface area contributed by atoms with Crippen LogP contribution in [-0.2, 0) is 9.53 Å².